The minimum absolute atomic E-state index is 0.283. The summed E-state index contributed by atoms with van der Waals surface area (Å²) in [7, 11) is 1.67. The van der Waals surface area contributed by atoms with Gasteiger partial charge in [0.2, 0.25) is 0 Å². The first-order valence-electron chi connectivity index (χ1n) is 7.18. The molecule has 6 heteroatoms. The van der Waals surface area contributed by atoms with Crippen LogP contribution in [0.15, 0.2) is 24.3 Å². The third kappa shape index (κ3) is 3.87. The molecule has 1 aromatic carbocycles. The Hall–Kier alpha value is -1.40. The van der Waals surface area contributed by atoms with Crippen LogP contribution < -0.4 is 0 Å². The number of aryl methyl sites for hydroxylation is 1. The van der Waals surface area contributed by atoms with Crippen molar-refractivity contribution < 1.29 is 9.13 Å². The van der Waals surface area contributed by atoms with Crippen LogP contribution in [0.3, 0.4) is 0 Å². The second kappa shape index (κ2) is 7.24. The second-order valence-electron chi connectivity index (χ2n) is 5.80. The normalized spacial score (nSPS) is 11.9. The van der Waals surface area contributed by atoms with E-state index in [-0.39, 0.29) is 11.2 Å². The molecule has 0 saturated heterocycles. The molecule has 0 N–H and O–H groups in total. The lowest BCUT2D eigenvalue weighted by molar-refractivity contribution is 0.141. The van der Waals surface area contributed by atoms with E-state index in [1.165, 1.54) is 12.1 Å². The van der Waals surface area contributed by atoms with Crippen LogP contribution in [0.5, 0.6) is 0 Å². The molecule has 4 nitrogen and oxygen atoms in total. The van der Waals surface area contributed by atoms with Crippen molar-refractivity contribution in [2.45, 2.75) is 25.7 Å². The molecular formula is C16H22FN3OS. The van der Waals surface area contributed by atoms with Crippen LogP contribution in [0.1, 0.15) is 25.5 Å². The van der Waals surface area contributed by atoms with E-state index < -0.39 is 0 Å². The highest BCUT2D eigenvalue weighted by molar-refractivity contribution is 7.98. The highest BCUT2D eigenvalue weighted by Gasteiger charge is 2.28. The van der Waals surface area contributed by atoms with Gasteiger partial charge in [0, 0.05) is 24.7 Å². The molecule has 0 aliphatic carbocycles. The summed E-state index contributed by atoms with van der Waals surface area (Å²) in [5.41, 5.74) is 0.369. The highest BCUT2D eigenvalue weighted by Crippen LogP contribution is 2.25. The molecule has 1 aromatic heterocycles. The number of nitrogens with zero attached hydrogens (tertiary/aromatic N) is 3. The Kier molecular flexibility index (Phi) is 5.58. The number of hydrogen-bond acceptors (Lipinski definition) is 4. The second-order valence-corrected chi connectivity index (χ2v) is 6.79. The SMILES string of the molecule is COCC(C)(C)c1nc(CCSC)nn1-c1cccc(F)c1. The Morgan fingerprint density at radius 2 is 2.14 bits per heavy atom. The van der Waals surface area contributed by atoms with Crippen molar-refractivity contribution in [3.8, 4) is 5.69 Å². The maximum Gasteiger partial charge on any atom is 0.152 e. The molecule has 0 amide bonds. The third-order valence-electron chi connectivity index (χ3n) is 3.34. The van der Waals surface area contributed by atoms with Crippen molar-refractivity contribution in [1.29, 1.82) is 0 Å². The summed E-state index contributed by atoms with van der Waals surface area (Å²) in [6, 6.07) is 6.41. The van der Waals surface area contributed by atoms with E-state index in [4.69, 9.17) is 4.74 Å². The standard InChI is InChI=1S/C16H22FN3OS/c1-16(2,11-21-3)15-18-14(8-9-22-4)19-20(15)13-7-5-6-12(17)10-13/h5-7,10H,8-9,11H2,1-4H3. The molecule has 2 aromatic rings. The van der Waals surface area contributed by atoms with Gasteiger partial charge in [-0.2, -0.15) is 16.9 Å². The molecule has 0 spiro atoms. The van der Waals surface area contributed by atoms with Crippen molar-refractivity contribution in [1.82, 2.24) is 14.8 Å². The van der Waals surface area contributed by atoms with Gasteiger partial charge in [0.25, 0.3) is 0 Å². The average molecular weight is 323 g/mol. The Balaban J connectivity index is 2.48. The molecule has 0 radical (unpaired) electrons. The monoisotopic (exact) mass is 323 g/mol. The molecule has 0 bridgehead atoms. The van der Waals surface area contributed by atoms with Gasteiger partial charge in [0.05, 0.1) is 12.3 Å². The maximum absolute atomic E-state index is 13.5. The van der Waals surface area contributed by atoms with Gasteiger partial charge in [-0.25, -0.2) is 14.1 Å². The quantitative estimate of drug-likeness (QED) is 0.784. The number of methoxy groups -OCH3 is 1. The molecule has 0 saturated carbocycles. The number of ether oxygens (including phenoxy) is 1. The van der Waals surface area contributed by atoms with E-state index in [2.05, 4.69) is 30.2 Å². The summed E-state index contributed by atoms with van der Waals surface area (Å²) >= 11 is 1.75. The molecule has 0 fully saturated rings. The zero-order valence-electron chi connectivity index (χ0n) is 13.5. The lowest BCUT2D eigenvalue weighted by Gasteiger charge is -2.23. The Bertz CT molecular complexity index is 628. The highest BCUT2D eigenvalue weighted by atomic mass is 32.2. The van der Waals surface area contributed by atoms with E-state index in [0.29, 0.717) is 12.3 Å². The molecule has 0 aliphatic rings. The van der Waals surface area contributed by atoms with Crippen molar-refractivity contribution in [2.24, 2.45) is 0 Å². The molecule has 0 unspecified atom stereocenters. The van der Waals surface area contributed by atoms with Gasteiger partial charge < -0.3 is 4.74 Å². The van der Waals surface area contributed by atoms with Crippen molar-refractivity contribution in [3.63, 3.8) is 0 Å². The first-order valence-corrected chi connectivity index (χ1v) is 8.57. The van der Waals surface area contributed by atoms with Crippen molar-refractivity contribution in [2.75, 3.05) is 25.7 Å². The van der Waals surface area contributed by atoms with Crippen molar-refractivity contribution in [3.05, 3.63) is 41.7 Å². The maximum atomic E-state index is 13.5. The van der Waals surface area contributed by atoms with Gasteiger partial charge in [0.1, 0.15) is 11.6 Å². The van der Waals surface area contributed by atoms with Gasteiger partial charge in [-0.05, 0) is 24.5 Å². The average Bonchev–Trinajstić information content (AvgIpc) is 2.90. The van der Waals surface area contributed by atoms with E-state index in [0.717, 1.165) is 23.8 Å². The molecule has 0 aliphatic heterocycles. The number of benzene rings is 1. The van der Waals surface area contributed by atoms with Gasteiger partial charge in [0.15, 0.2) is 5.82 Å². The van der Waals surface area contributed by atoms with Crippen LogP contribution >= 0.6 is 11.8 Å². The topological polar surface area (TPSA) is 39.9 Å². The smallest absolute Gasteiger partial charge is 0.152 e. The lowest BCUT2D eigenvalue weighted by atomic mass is 9.93. The fourth-order valence-corrected chi connectivity index (χ4v) is 2.69. The number of hydrogen-bond donors (Lipinski definition) is 0. The van der Waals surface area contributed by atoms with Crippen LogP contribution in [0.2, 0.25) is 0 Å². The number of halogens is 1. The largest absolute Gasteiger partial charge is 0.384 e. The molecule has 22 heavy (non-hydrogen) atoms. The van der Waals surface area contributed by atoms with E-state index >= 15 is 0 Å². The van der Waals surface area contributed by atoms with E-state index in [1.807, 2.05) is 6.07 Å². The summed E-state index contributed by atoms with van der Waals surface area (Å²) in [6.07, 6.45) is 2.85. The minimum Gasteiger partial charge on any atom is -0.384 e. The fourth-order valence-electron chi connectivity index (χ4n) is 2.31. The van der Waals surface area contributed by atoms with Crippen LogP contribution in [-0.4, -0.2) is 40.5 Å². The van der Waals surface area contributed by atoms with E-state index in [9.17, 15) is 4.39 Å². The van der Waals surface area contributed by atoms with Gasteiger partial charge >= 0.3 is 0 Å². The van der Waals surface area contributed by atoms with Crippen LogP contribution in [-0.2, 0) is 16.6 Å². The molecule has 0 atom stereocenters. The molecular weight excluding hydrogens is 301 g/mol. The number of rotatable bonds is 7. The predicted octanol–water partition coefficient (Wildman–Crippen LogP) is 3.24. The zero-order chi connectivity index (χ0) is 16.2. The van der Waals surface area contributed by atoms with Gasteiger partial charge in [-0.15, -0.1) is 0 Å². The predicted molar refractivity (Wildman–Crippen MR) is 88.3 cm³/mol. The molecule has 2 rings (SSSR count). The molecule has 120 valence electrons. The van der Waals surface area contributed by atoms with Gasteiger partial charge in [-0.1, -0.05) is 19.9 Å². The minimum atomic E-state index is -0.314. The van der Waals surface area contributed by atoms with Crippen LogP contribution in [0.4, 0.5) is 4.39 Å². The third-order valence-corrected chi connectivity index (χ3v) is 3.96. The summed E-state index contributed by atoms with van der Waals surface area (Å²) in [4.78, 5) is 4.68. The number of aromatic nitrogens is 3. The van der Waals surface area contributed by atoms with Crippen molar-refractivity contribution >= 4 is 11.8 Å². The zero-order valence-corrected chi connectivity index (χ0v) is 14.3. The van der Waals surface area contributed by atoms with Crippen LogP contribution in [0.25, 0.3) is 5.69 Å². The summed E-state index contributed by atoms with van der Waals surface area (Å²) in [5.74, 6) is 2.24. The lowest BCUT2D eigenvalue weighted by Crippen LogP contribution is -2.28. The number of thioether (sulfide) groups is 1. The first-order chi connectivity index (χ1) is 10.5. The fraction of sp³-hybridized carbons (Fsp3) is 0.500. The van der Waals surface area contributed by atoms with Crippen LogP contribution in [0, 0.1) is 5.82 Å². The Morgan fingerprint density at radius 1 is 1.36 bits per heavy atom. The van der Waals surface area contributed by atoms with Gasteiger partial charge in [-0.3, -0.25) is 0 Å². The first kappa shape index (κ1) is 17.0. The Labute approximate surface area is 135 Å². The molecule has 1 heterocycles. The summed E-state index contributed by atoms with van der Waals surface area (Å²) in [5, 5.41) is 4.58. The summed E-state index contributed by atoms with van der Waals surface area (Å²) < 4.78 is 20.6. The Morgan fingerprint density at radius 3 is 2.77 bits per heavy atom. The summed E-state index contributed by atoms with van der Waals surface area (Å²) in [6.45, 7) is 4.62. The van der Waals surface area contributed by atoms with E-state index in [1.54, 1.807) is 29.6 Å².